The van der Waals surface area contributed by atoms with Gasteiger partial charge in [-0.05, 0) is 38.5 Å². The molecular weight excluding hydrogens is 298 g/mol. The van der Waals surface area contributed by atoms with Crippen LogP contribution in [0.1, 0.15) is 38.5 Å². The van der Waals surface area contributed by atoms with Gasteiger partial charge in [-0.3, -0.25) is 24.8 Å². The van der Waals surface area contributed by atoms with Gasteiger partial charge < -0.3 is 5.11 Å². The number of nitrogens with zero attached hydrogens (tertiary/aromatic N) is 2. The molecule has 2 N–H and O–H groups in total. The topological polar surface area (TPSA) is 99.1 Å². The molecule has 2 aliphatic rings. The van der Waals surface area contributed by atoms with Crippen LogP contribution in [-0.4, -0.2) is 53.8 Å². The molecule has 1 heterocycles. The summed E-state index contributed by atoms with van der Waals surface area (Å²) in [4.78, 5) is 41.1. The number of urea groups is 1. The van der Waals surface area contributed by atoms with Crippen LogP contribution < -0.4 is 5.32 Å². The van der Waals surface area contributed by atoms with Gasteiger partial charge in [0.15, 0.2) is 5.92 Å². The Hall–Kier alpha value is -2.02. The van der Waals surface area contributed by atoms with E-state index < -0.39 is 23.8 Å². The Kier molecular flexibility index (Phi) is 6.46. The second-order valence-electron chi connectivity index (χ2n) is 5.75. The fraction of sp³-hybridized carbons (Fsp3) is 0.625. The summed E-state index contributed by atoms with van der Waals surface area (Å²) in [5.74, 6) is -2.23. The summed E-state index contributed by atoms with van der Waals surface area (Å²) in [6.07, 6.45) is 8.96. The molecule has 0 aromatic rings. The summed E-state index contributed by atoms with van der Waals surface area (Å²) in [5, 5.41) is 10.9. The average molecular weight is 321 g/mol. The van der Waals surface area contributed by atoms with Crippen LogP contribution in [0.2, 0.25) is 0 Å². The minimum absolute atomic E-state index is 0.00186. The first-order valence-electron chi connectivity index (χ1n) is 8.08. The van der Waals surface area contributed by atoms with Crippen LogP contribution in [0.3, 0.4) is 0 Å². The molecule has 0 saturated carbocycles. The zero-order chi connectivity index (χ0) is 16.7. The fourth-order valence-electron chi connectivity index (χ4n) is 2.70. The maximum atomic E-state index is 12.4. The highest BCUT2D eigenvalue weighted by molar-refractivity contribution is 6.23. The van der Waals surface area contributed by atoms with Gasteiger partial charge in [-0.1, -0.05) is 11.6 Å². The van der Waals surface area contributed by atoms with Crippen LogP contribution in [0, 0.1) is 5.92 Å². The molecule has 0 bridgehead atoms. The number of hydrogen-bond donors (Lipinski definition) is 2. The standard InChI is InChI=1S/C16H23N3O4/c20-10-4-8-17-11-13-14(21)18-16(23)19(15(13)22)9-7-12-5-2-1-3-6-12/h5,11,13,20H,1-4,6-10H2,(H,18,21,23)/t13-/m0/s1. The first kappa shape index (κ1) is 17.3. The molecule has 4 amide bonds. The Balaban J connectivity index is 1.96. The third-order valence-corrected chi connectivity index (χ3v) is 4.03. The van der Waals surface area contributed by atoms with E-state index in [4.69, 9.17) is 5.11 Å². The van der Waals surface area contributed by atoms with E-state index in [1.54, 1.807) is 0 Å². The number of barbiturate groups is 1. The quantitative estimate of drug-likeness (QED) is 0.316. The minimum atomic E-state index is -1.06. The Bertz CT molecular complexity index is 527. The molecule has 0 spiro atoms. The van der Waals surface area contributed by atoms with Crippen molar-refractivity contribution in [1.29, 1.82) is 0 Å². The van der Waals surface area contributed by atoms with Crippen molar-refractivity contribution in [2.75, 3.05) is 19.7 Å². The Morgan fingerprint density at radius 1 is 1.35 bits per heavy atom. The summed E-state index contributed by atoms with van der Waals surface area (Å²) >= 11 is 0. The van der Waals surface area contributed by atoms with Crippen LogP contribution in [0.15, 0.2) is 16.6 Å². The molecule has 0 radical (unpaired) electrons. The molecule has 23 heavy (non-hydrogen) atoms. The molecule has 126 valence electrons. The second kappa shape index (κ2) is 8.57. The highest BCUT2D eigenvalue weighted by Crippen LogP contribution is 2.21. The number of imide groups is 2. The van der Waals surface area contributed by atoms with E-state index in [-0.39, 0.29) is 13.2 Å². The smallest absolute Gasteiger partial charge is 0.330 e. The zero-order valence-electron chi connectivity index (χ0n) is 13.2. The first-order chi connectivity index (χ1) is 11.1. The number of aliphatic hydroxyl groups excluding tert-OH is 1. The van der Waals surface area contributed by atoms with E-state index in [0.717, 1.165) is 24.2 Å². The molecule has 7 nitrogen and oxygen atoms in total. The van der Waals surface area contributed by atoms with Crippen molar-refractivity contribution in [1.82, 2.24) is 10.2 Å². The molecule has 0 aromatic heterocycles. The van der Waals surface area contributed by atoms with Crippen LogP contribution in [0.5, 0.6) is 0 Å². The number of carbonyl (C=O) groups is 3. The monoisotopic (exact) mass is 321 g/mol. The summed E-state index contributed by atoms with van der Waals surface area (Å²) in [6.45, 7) is 0.626. The third-order valence-electron chi connectivity index (χ3n) is 4.03. The van der Waals surface area contributed by atoms with E-state index in [0.29, 0.717) is 19.4 Å². The third kappa shape index (κ3) is 4.72. The molecule has 1 saturated heterocycles. The van der Waals surface area contributed by atoms with Crippen molar-refractivity contribution in [2.24, 2.45) is 10.9 Å². The summed E-state index contributed by atoms with van der Waals surface area (Å²) < 4.78 is 0. The van der Waals surface area contributed by atoms with E-state index in [9.17, 15) is 14.4 Å². The molecule has 0 aromatic carbocycles. The van der Waals surface area contributed by atoms with Crippen molar-refractivity contribution in [3.8, 4) is 0 Å². The van der Waals surface area contributed by atoms with Crippen molar-refractivity contribution in [3.63, 3.8) is 0 Å². The summed E-state index contributed by atoms with van der Waals surface area (Å²) in [6, 6.07) is -0.656. The maximum absolute atomic E-state index is 12.4. The predicted molar refractivity (Wildman–Crippen MR) is 85.0 cm³/mol. The van der Waals surface area contributed by atoms with Gasteiger partial charge in [0.05, 0.1) is 0 Å². The first-order valence-corrected chi connectivity index (χ1v) is 8.08. The molecule has 2 rings (SSSR count). The second-order valence-corrected chi connectivity index (χ2v) is 5.75. The molecule has 1 aliphatic heterocycles. The van der Waals surface area contributed by atoms with Crippen molar-refractivity contribution < 1.29 is 19.5 Å². The van der Waals surface area contributed by atoms with Crippen molar-refractivity contribution in [2.45, 2.75) is 38.5 Å². The van der Waals surface area contributed by atoms with Crippen LogP contribution in [0.4, 0.5) is 4.79 Å². The van der Waals surface area contributed by atoms with E-state index >= 15 is 0 Å². The lowest BCUT2D eigenvalue weighted by molar-refractivity contribution is -0.139. The molecular formula is C16H23N3O4. The maximum Gasteiger partial charge on any atom is 0.330 e. The lowest BCUT2D eigenvalue weighted by Gasteiger charge is -2.29. The largest absolute Gasteiger partial charge is 0.396 e. The van der Waals surface area contributed by atoms with Crippen molar-refractivity contribution in [3.05, 3.63) is 11.6 Å². The van der Waals surface area contributed by atoms with E-state index in [1.807, 2.05) is 0 Å². The number of rotatable bonds is 7. The Labute approximate surface area is 135 Å². The van der Waals surface area contributed by atoms with Gasteiger partial charge in [0.25, 0.3) is 0 Å². The number of allylic oxidation sites excluding steroid dienone is 1. The van der Waals surface area contributed by atoms with Gasteiger partial charge in [-0.25, -0.2) is 4.79 Å². The Morgan fingerprint density at radius 2 is 2.17 bits per heavy atom. The van der Waals surface area contributed by atoms with Gasteiger partial charge >= 0.3 is 6.03 Å². The molecule has 1 atom stereocenters. The lowest BCUT2D eigenvalue weighted by atomic mass is 9.97. The van der Waals surface area contributed by atoms with Gasteiger partial charge in [-0.15, -0.1) is 0 Å². The van der Waals surface area contributed by atoms with Crippen LogP contribution in [-0.2, 0) is 9.59 Å². The number of aliphatic imine (C=N–C) groups is 1. The van der Waals surface area contributed by atoms with Gasteiger partial charge in [0.2, 0.25) is 11.8 Å². The van der Waals surface area contributed by atoms with Gasteiger partial charge in [-0.2, -0.15) is 0 Å². The van der Waals surface area contributed by atoms with E-state index in [2.05, 4.69) is 16.4 Å². The summed E-state index contributed by atoms with van der Waals surface area (Å²) in [5.41, 5.74) is 1.27. The number of aliphatic hydroxyl groups is 1. The summed E-state index contributed by atoms with van der Waals surface area (Å²) in [7, 11) is 0. The molecule has 7 heteroatoms. The van der Waals surface area contributed by atoms with Gasteiger partial charge in [0, 0.05) is 25.9 Å². The van der Waals surface area contributed by atoms with Crippen LogP contribution in [0.25, 0.3) is 0 Å². The highest BCUT2D eigenvalue weighted by Gasteiger charge is 2.39. The van der Waals surface area contributed by atoms with Gasteiger partial charge in [0.1, 0.15) is 0 Å². The number of carbonyl (C=O) groups excluding carboxylic acids is 3. The van der Waals surface area contributed by atoms with Crippen LogP contribution >= 0.6 is 0 Å². The zero-order valence-corrected chi connectivity index (χ0v) is 13.2. The highest BCUT2D eigenvalue weighted by atomic mass is 16.3. The molecule has 0 unspecified atom stereocenters. The van der Waals surface area contributed by atoms with Crippen molar-refractivity contribution >= 4 is 24.1 Å². The normalized spacial score (nSPS) is 22.5. The average Bonchev–Trinajstić information content (AvgIpc) is 2.54. The number of nitrogens with one attached hydrogen (secondary N) is 1. The number of hydrogen-bond acceptors (Lipinski definition) is 5. The predicted octanol–water partition coefficient (Wildman–Crippen LogP) is 1.02. The minimum Gasteiger partial charge on any atom is -0.396 e. The Morgan fingerprint density at radius 3 is 2.87 bits per heavy atom. The fourth-order valence-corrected chi connectivity index (χ4v) is 2.70. The SMILES string of the molecule is O=C1NC(=O)N(CCC2=CCCCC2)C(=O)[C@H]1C=NCCCO. The molecule has 1 fully saturated rings. The molecule has 1 aliphatic carbocycles. The lowest BCUT2D eigenvalue weighted by Crippen LogP contribution is -2.58. The van der Waals surface area contributed by atoms with E-state index in [1.165, 1.54) is 18.2 Å². The number of amides is 4.